The van der Waals surface area contributed by atoms with Gasteiger partial charge in [0.1, 0.15) is 5.75 Å². The van der Waals surface area contributed by atoms with E-state index < -0.39 is 0 Å². The maximum atomic E-state index is 12.2. The molecule has 1 heterocycles. The van der Waals surface area contributed by atoms with Crippen LogP contribution in [0.2, 0.25) is 0 Å². The van der Waals surface area contributed by atoms with Gasteiger partial charge >= 0.3 is 0 Å². The lowest BCUT2D eigenvalue weighted by Crippen LogP contribution is -2.43. The van der Waals surface area contributed by atoms with E-state index in [0.717, 1.165) is 50.9 Å². The van der Waals surface area contributed by atoms with Crippen LogP contribution < -0.4 is 10.1 Å². The van der Waals surface area contributed by atoms with Crippen LogP contribution in [-0.4, -0.2) is 43.0 Å². The molecule has 5 nitrogen and oxygen atoms in total. The van der Waals surface area contributed by atoms with E-state index in [4.69, 9.17) is 4.74 Å². The second-order valence-electron chi connectivity index (χ2n) is 6.68. The molecule has 2 fully saturated rings. The van der Waals surface area contributed by atoms with Crippen LogP contribution in [0.4, 0.5) is 0 Å². The Kier molecular flexibility index (Phi) is 5.72. The van der Waals surface area contributed by atoms with Gasteiger partial charge in [0.05, 0.1) is 6.61 Å². The molecule has 0 unspecified atom stereocenters. The number of para-hydroxylation sites is 1. The van der Waals surface area contributed by atoms with Crippen molar-refractivity contribution in [2.45, 2.75) is 32.1 Å². The van der Waals surface area contributed by atoms with Crippen molar-refractivity contribution < 1.29 is 14.3 Å². The Morgan fingerprint density at radius 3 is 2.42 bits per heavy atom. The van der Waals surface area contributed by atoms with E-state index in [9.17, 15) is 9.59 Å². The van der Waals surface area contributed by atoms with Gasteiger partial charge in [-0.05, 0) is 44.2 Å². The maximum Gasteiger partial charge on any atom is 0.225 e. The predicted molar refractivity (Wildman–Crippen MR) is 91.6 cm³/mol. The molecule has 1 aromatic rings. The lowest BCUT2D eigenvalue weighted by atomic mass is 9.95. The maximum absolute atomic E-state index is 12.2. The summed E-state index contributed by atoms with van der Waals surface area (Å²) in [6.07, 6.45) is 4.45. The second kappa shape index (κ2) is 8.18. The third-order valence-electron chi connectivity index (χ3n) is 4.74. The molecule has 2 amide bonds. The predicted octanol–water partition coefficient (Wildman–Crippen LogP) is 2.22. The fourth-order valence-corrected chi connectivity index (χ4v) is 3.09. The first-order chi connectivity index (χ1) is 11.7. The first kappa shape index (κ1) is 16.8. The van der Waals surface area contributed by atoms with Crippen LogP contribution in [0.15, 0.2) is 30.3 Å². The minimum absolute atomic E-state index is 0.0447. The average molecular weight is 330 g/mol. The molecular formula is C19H26N2O3. The quantitative estimate of drug-likeness (QED) is 0.780. The molecule has 1 aromatic carbocycles. The van der Waals surface area contributed by atoms with Crippen LogP contribution in [0.3, 0.4) is 0 Å². The van der Waals surface area contributed by atoms with E-state index in [0.29, 0.717) is 19.1 Å². The SMILES string of the molecule is O=C(NCCCOc1ccccc1)C1CCN(C(=O)C2CC2)CC1. The Morgan fingerprint density at radius 2 is 1.75 bits per heavy atom. The molecule has 0 aromatic heterocycles. The zero-order chi connectivity index (χ0) is 16.8. The molecule has 1 N–H and O–H groups in total. The van der Waals surface area contributed by atoms with Gasteiger partial charge in [-0.2, -0.15) is 0 Å². The van der Waals surface area contributed by atoms with E-state index in [1.54, 1.807) is 0 Å². The third-order valence-corrected chi connectivity index (χ3v) is 4.74. The van der Waals surface area contributed by atoms with Gasteiger partial charge in [0.15, 0.2) is 0 Å². The van der Waals surface area contributed by atoms with Gasteiger partial charge in [-0.1, -0.05) is 18.2 Å². The number of carbonyl (C=O) groups excluding carboxylic acids is 2. The summed E-state index contributed by atoms with van der Waals surface area (Å²) < 4.78 is 5.61. The van der Waals surface area contributed by atoms with Gasteiger partial charge in [0.25, 0.3) is 0 Å². The molecule has 1 saturated carbocycles. The minimum atomic E-state index is 0.0447. The summed E-state index contributed by atoms with van der Waals surface area (Å²) in [4.78, 5) is 26.1. The summed E-state index contributed by atoms with van der Waals surface area (Å²) >= 11 is 0. The van der Waals surface area contributed by atoms with Crippen LogP contribution in [0, 0.1) is 11.8 Å². The monoisotopic (exact) mass is 330 g/mol. The standard InChI is InChI=1S/C19H26N2O3/c22-18(20-11-4-14-24-17-5-2-1-3-6-17)15-9-12-21(13-10-15)19(23)16-7-8-16/h1-3,5-6,15-16H,4,7-14H2,(H,20,22). The number of hydrogen-bond donors (Lipinski definition) is 1. The number of nitrogens with one attached hydrogen (secondary N) is 1. The molecule has 24 heavy (non-hydrogen) atoms. The molecule has 130 valence electrons. The molecule has 0 bridgehead atoms. The molecule has 5 heteroatoms. The Hall–Kier alpha value is -2.04. The van der Waals surface area contributed by atoms with Crippen LogP contribution in [0.5, 0.6) is 5.75 Å². The van der Waals surface area contributed by atoms with Gasteiger partial charge in [0.2, 0.25) is 11.8 Å². The number of carbonyl (C=O) groups is 2. The minimum Gasteiger partial charge on any atom is -0.494 e. The van der Waals surface area contributed by atoms with Crippen molar-refractivity contribution in [3.63, 3.8) is 0 Å². The highest BCUT2D eigenvalue weighted by atomic mass is 16.5. The van der Waals surface area contributed by atoms with Crippen LogP contribution in [-0.2, 0) is 9.59 Å². The van der Waals surface area contributed by atoms with Crippen molar-refractivity contribution in [2.75, 3.05) is 26.2 Å². The topological polar surface area (TPSA) is 58.6 Å². The van der Waals surface area contributed by atoms with Crippen molar-refractivity contribution in [3.05, 3.63) is 30.3 Å². The number of nitrogens with zero attached hydrogens (tertiary/aromatic N) is 1. The summed E-state index contributed by atoms with van der Waals surface area (Å²) in [5, 5.41) is 3.00. The number of piperidine rings is 1. The van der Waals surface area contributed by atoms with Crippen molar-refractivity contribution in [1.82, 2.24) is 10.2 Å². The van der Waals surface area contributed by atoms with E-state index >= 15 is 0 Å². The molecule has 0 radical (unpaired) electrons. The lowest BCUT2D eigenvalue weighted by Gasteiger charge is -2.31. The molecule has 1 saturated heterocycles. The number of benzene rings is 1. The van der Waals surface area contributed by atoms with Crippen molar-refractivity contribution in [2.24, 2.45) is 11.8 Å². The zero-order valence-electron chi connectivity index (χ0n) is 14.1. The van der Waals surface area contributed by atoms with Gasteiger partial charge in [-0.25, -0.2) is 0 Å². The first-order valence-electron chi connectivity index (χ1n) is 8.98. The summed E-state index contributed by atoms with van der Waals surface area (Å²) in [6, 6.07) is 9.69. The Labute approximate surface area is 143 Å². The lowest BCUT2D eigenvalue weighted by molar-refractivity contribution is -0.136. The van der Waals surface area contributed by atoms with Crippen LogP contribution >= 0.6 is 0 Å². The molecular weight excluding hydrogens is 304 g/mol. The molecule has 3 rings (SSSR count). The van der Waals surface area contributed by atoms with E-state index in [1.807, 2.05) is 35.2 Å². The van der Waals surface area contributed by atoms with Crippen molar-refractivity contribution >= 4 is 11.8 Å². The van der Waals surface area contributed by atoms with E-state index in [-0.39, 0.29) is 17.7 Å². The number of amides is 2. The number of ether oxygens (including phenoxy) is 1. The van der Waals surface area contributed by atoms with Crippen molar-refractivity contribution in [3.8, 4) is 5.75 Å². The van der Waals surface area contributed by atoms with Gasteiger partial charge in [-0.3, -0.25) is 9.59 Å². The smallest absolute Gasteiger partial charge is 0.225 e. The molecule has 2 aliphatic rings. The van der Waals surface area contributed by atoms with E-state index in [1.165, 1.54) is 0 Å². The highest BCUT2D eigenvalue weighted by Crippen LogP contribution is 2.32. The normalized spacial score (nSPS) is 18.2. The van der Waals surface area contributed by atoms with Crippen LogP contribution in [0.1, 0.15) is 32.1 Å². The van der Waals surface area contributed by atoms with Gasteiger partial charge in [0, 0.05) is 31.5 Å². The second-order valence-corrected chi connectivity index (χ2v) is 6.68. The average Bonchev–Trinajstić information content (AvgIpc) is 3.47. The number of likely N-dealkylation sites (tertiary alicyclic amines) is 1. The molecule has 0 spiro atoms. The fourth-order valence-electron chi connectivity index (χ4n) is 3.09. The van der Waals surface area contributed by atoms with Gasteiger partial charge < -0.3 is 15.0 Å². The number of hydrogen-bond acceptors (Lipinski definition) is 3. The van der Waals surface area contributed by atoms with E-state index in [2.05, 4.69) is 5.32 Å². The fraction of sp³-hybridized carbons (Fsp3) is 0.579. The Balaban J connectivity index is 1.28. The van der Waals surface area contributed by atoms with Crippen LogP contribution in [0.25, 0.3) is 0 Å². The molecule has 1 aliphatic carbocycles. The Morgan fingerprint density at radius 1 is 1.04 bits per heavy atom. The molecule has 0 atom stereocenters. The summed E-state index contributed by atoms with van der Waals surface area (Å²) in [5.41, 5.74) is 0. The zero-order valence-corrected chi connectivity index (χ0v) is 14.1. The summed E-state index contributed by atoms with van der Waals surface area (Å²) in [5.74, 6) is 1.60. The third kappa shape index (κ3) is 4.73. The largest absolute Gasteiger partial charge is 0.494 e. The summed E-state index contributed by atoms with van der Waals surface area (Å²) in [6.45, 7) is 2.68. The Bertz CT molecular complexity index is 549. The highest BCUT2D eigenvalue weighted by Gasteiger charge is 2.35. The first-order valence-corrected chi connectivity index (χ1v) is 8.98. The summed E-state index contributed by atoms with van der Waals surface area (Å²) in [7, 11) is 0. The highest BCUT2D eigenvalue weighted by molar-refractivity contribution is 5.82. The number of rotatable bonds is 7. The van der Waals surface area contributed by atoms with Crippen molar-refractivity contribution in [1.29, 1.82) is 0 Å². The molecule has 1 aliphatic heterocycles. The van der Waals surface area contributed by atoms with Gasteiger partial charge in [-0.15, -0.1) is 0 Å².